The first-order valence-electron chi connectivity index (χ1n) is 12.9. The Morgan fingerprint density at radius 2 is 0.553 bits per heavy atom. The van der Waals surface area contributed by atoms with Gasteiger partial charge in [-0.15, -0.1) is 0 Å². The third-order valence-corrected chi connectivity index (χ3v) is 4.23. The quantitative estimate of drug-likeness (QED) is 0.0876. The molecule has 0 rings (SSSR count). The van der Waals surface area contributed by atoms with E-state index in [-0.39, 0.29) is 13.2 Å². The third-order valence-electron chi connectivity index (χ3n) is 4.23. The van der Waals surface area contributed by atoms with E-state index in [1.165, 1.54) is 0 Å². The number of hydrogen-bond acceptors (Lipinski definition) is 13. The van der Waals surface area contributed by atoms with E-state index < -0.39 is 6.16 Å². The molecule has 0 saturated heterocycles. The van der Waals surface area contributed by atoms with Gasteiger partial charge in [-0.25, -0.2) is 4.79 Å². The van der Waals surface area contributed by atoms with Crippen LogP contribution < -0.4 is 0 Å². The first kappa shape index (κ1) is 36.8. The number of rotatable bonds is 33. The van der Waals surface area contributed by atoms with Crippen molar-refractivity contribution < 1.29 is 66.7 Å². The fraction of sp³-hybridized carbons (Fsp3) is 0.958. The van der Waals surface area contributed by atoms with Crippen LogP contribution in [-0.4, -0.2) is 164 Å². The summed E-state index contributed by atoms with van der Waals surface area (Å²) in [6, 6.07) is 0. The second kappa shape index (κ2) is 33.9. The van der Waals surface area contributed by atoms with Crippen LogP contribution in [0.5, 0.6) is 0 Å². The van der Waals surface area contributed by atoms with E-state index in [1.54, 1.807) is 7.11 Å². The minimum atomic E-state index is -1.31. The normalized spacial score (nSPS) is 11.3. The molecule has 0 unspecified atom stereocenters. The molecule has 0 heterocycles. The van der Waals surface area contributed by atoms with Gasteiger partial charge in [-0.1, -0.05) is 0 Å². The minimum absolute atomic E-state index is 0.00982. The summed E-state index contributed by atoms with van der Waals surface area (Å²) in [5.41, 5.74) is 0. The maximum absolute atomic E-state index is 10.1. The van der Waals surface area contributed by atoms with Crippen molar-refractivity contribution in [2.45, 2.75) is 0 Å². The van der Waals surface area contributed by atoms with Gasteiger partial charge in [0.25, 0.3) is 0 Å². The Morgan fingerprint density at radius 3 is 0.737 bits per heavy atom. The van der Waals surface area contributed by atoms with Crippen molar-refractivity contribution in [3.05, 3.63) is 0 Å². The van der Waals surface area contributed by atoms with Gasteiger partial charge in [-0.2, -0.15) is 0 Å². The van der Waals surface area contributed by atoms with Crippen LogP contribution in [0.1, 0.15) is 0 Å². The second-order valence-corrected chi connectivity index (χ2v) is 7.23. The first-order valence-corrected chi connectivity index (χ1v) is 12.9. The molecule has 0 aromatic rings. The molecule has 38 heavy (non-hydrogen) atoms. The molecule has 0 aromatic carbocycles. The van der Waals surface area contributed by atoms with E-state index in [4.69, 9.17) is 57.2 Å². The van der Waals surface area contributed by atoms with Gasteiger partial charge in [0.05, 0.1) is 139 Å². The smallest absolute Gasteiger partial charge is 0.450 e. The lowest BCUT2D eigenvalue weighted by Crippen LogP contribution is -2.15. The van der Waals surface area contributed by atoms with Gasteiger partial charge in [0.15, 0.2) is 0 Å². The summed E-state index contributed by atoms with van der Waals surface area (Å²) in [4.78, 5) is 10.1. The Morgan fingerprint density at radius 1 is 0.368 bits per heavy atom. The van der Waals surface area contributed by atoms with Crippen LogP contribution in [0.15, 0.2) is 0 Å². The summed E-state index contributed by atoms with van der Waals surface area (Å²) in [7, 11) is 1.64. The molecule has 0 fully saturated rings. The van der Waals surface area contributed by atoms with Crippen LogP contribution in [0, 0.1) is 0 Å². The molecule has 0 aromatic heterocycles. The van der Waals surface area contributed by atoms with Crippen LogP contribution in [0.3, 0.4) is 0 Å². The zero-order valence-electron chi connectivity index (χ0n) is 22.8. The lowest BCUT2D eigenvalue weighted by Gasteiger charge is -2.09. The van der Waals surface area contributed by atoms with Gasteiger partial charge < -0.3 is 61.9 Å². The number of methoxy groups -OCH3 is 1. The number of hydrogen-bond donors (Lipinski definition) is 1. The molecule has 14 nitrogen and oxygen atoms in total. The number of ether oxygens (including phenoxy) is 12. The highest BCUT2D eigenvalue weighted by molar-refractivity contribution is 5.56. The van der Waals surface area contributed by atoms with Crippen LogP contribution in [-0.2, 0) is 56.8 Å². The minimum Gasteiger partial charge on any atom is -0.450 e. The average molecular weight is 561 g/mol. The van der Waals surface area contributed by atoms with Crippen LogP contribution in [0.25, 0.3) is 0 Å². The molecular formula is C24H48O14. The third kappa shape index (κ3) is 34.8. The predicted molar refractivity (Wildman–Crippen MR) is 134 cm³/mol. The second-order valence-electron chi connectivity index (χ2n) is 7.23. The Labute approximate surface area is 225 Å². The van der Waals surface area contributed by atoms with Gasteiger partial charge >= 0.3 is 6.16 Å². The van der Waals surface area contributed by atoms with E-state index in [0.29, 0.717) is 132 Å². The summed E-state index contributed by atoms with van der Waals surface area (Å²) in [5, 5.41) is 8.28. The predicted octanol–water partition coefficient (Wildman–Crippen LogP) is 0.493. The summed E-state index contributed by atoms with van der Waals surface area (Å²) >= 11 is 0. The summed E-state index contributed by atoms with van der Waals surface area (Å²) in [5.74, 6) is 0. The number of carboxylic acid groups (broad SMARTS) is 1. The highest BCUT2D eigenvalue weighted by atomic mass is 16.7. The molecule has 228 valence electrons. The van der Waals surface area contributed by atoms with Gasteiger partial charge in [0.2, 0.25) is 0 Å². The van der Waals surface area contributed by atoms with Crippen LogP contribution in [0.4, 0.5) is 4.79 Å². The first-order chi connectivity index (χ1) is 18.8. The van der Waals surface area contributed by atoms with Crippen LogP contribution in [0.2, 0.25) is 0 Å². The fourth-order valence-electron chi connectivity index (χ4n) is 2.41. The molecule has 0 bridgehead atoms. The SMILES string of the molecule is COCCOCCOCCOCCOCCOCCOCCOCCOCCOCCOCCOC(=O)O. The molecule has 0 aliphatic heterocycles. The van der Waals surface area contributed by atoms with Gasteiger partial charge in [-0.3, -0.25) is 0 Å². The zero-order chi connectivity index (χ0) is 27.6. The standard InChI is InChI=1S/C24H48O14/c1-27-2-3-28-4-5-29-6-7-30-8-9-31-10-11-32-12-13-33-14-15-34-16-17-35-18-19-36-20-21-37-22-23-38-24(25)26/h2-23H2,1H3,(H,25,26). The van der Waals surface area contributed by atoms with Crippen molar-refractivity contribution in [2.24, 2.45) is 0 Å². The highest BCUT2D eigenvalue weighted by Crippen LogP contribution is 1.87. The maximum Gasteiger partial charge on any atom is 0.505 e. The van der Waals surface area contributed by atoms with Crippen molar-refractivity contribution >= 4 is 6.16 Å². The fourth-order valence-corrected chi connectivity index (χ4v) is 2.41. The lowest BCUT2D eigenvalue weighted by molar-refractivity contribution is -0.0277. The van der Waals surface area contributed by atoms with E-state index in [1.807, 2.05) is 0 Å². The average Bonchev–Trinajstić information content (AvgIpc) is 2.91. The number of carbonyl (C=O) groups is 1. The molecule has 0 atom stereocenters. The summed E-state index contributed by atoms with van der Waals surface area (Å²) in [6.45, 7) is 10.1. The monoisotopic (exact) mass is 560 g/mol. The van der Waals surface area contributed by atoms with Crippen molar-refractivity contribution in [3.8, 4) is 0 Å². The Bertz CT molecular complexity index is 458. The van der Waals surface area contributed by atoms with Crippen molar-refractivity contribution in [1.29, 1.82) is 0 Å². The topological polar surface area (TPSA) is 148 Å². The van der Waals surface area contributed by atoms with Crippen molar-refractivity contribution in [1.82, 2.24) is 0 Å². The van der Waals surface area contributed by atoms with E-state index >= 15 is 0 Å². The van der Waals surface area contributed by atoms with Gasteiger partial charge in [0, 0.05) is 7.11 Å². The van der Waals surface area contributed by atoms with Crippen molar-refractivity contribution in [3.63, 3.8) is 0 Å². The maximum atomic E-state index is 10.1. The van der Waals surface area contributed by atoms with E-state index in [2.05, 4.69) is 4.74 Å². The highest BCUT2D eigenvalue weighted by Gasteiger charge is 1.97. The Balaban J connectivity index is 3.02. The Hall–Kier alpha value is -1.17. The Kier molecular flexibility index (Phi) is 32.8. The molecule has 1 N–H and O–H groups in total. The zero-order valence-corrected chi connectivity index (χ0v) is 22.8. The molecule has 0 aliphatic rings. The lowest BCUT2D eigenvalue weighted by atomic mass is 10.6. The molecule has 0 amide bonds. The molecule has 0 radical (unpaired) electrons. The molecule has 14 heteroatoms. The molecular weight excluding hydrogens is 512 g/mol. The molecule has 0 spiro atoms. The van der Waals surface area contributed by atoms with Crippen molar-refractivity contribution in [2.75, 3.05) is 152 Å². The van der Waals surface area contributed by atoms with E-state index in [0.717, 1.165) is 0 Å². The van der Waals surface area contributed by atoms with Gasteiger partial charge in [-0.05, 0) is 0 Å². The molecule has 0 aliphatic carbocycles. The van der Waals surface area contributed by atoms with Crippen LogP contribution >= 0.6 is 0 Å². The summed E-state index contributed by atoms with van der Waals surface area (Å²) < 4.78 is 62.8. The largest absolute Gasteiger partial charge is 0.505 e. The summed E-state index contributed by atoms with van der Waals surface area (Å²) in [6.07, 6.45) is -1.31. The van der Waals surface area contributed by atoms with E-state index in [9.17, 15) is 4.79 Å². The van der Waals surface area contributed by atoms with Gasteiger partial charge in [0.1, 0.15) is 6.61 Å². The molecule has 0 saturated carbocycles.